The first-order chi connectivity index (χ1) is 0. The summed E-state index contributed by atoms with van der Waals surface area (Å²) in [7, 11) is 0. The molecule has 0 aromatic rings. The Morgan fingerprint density at radius 3 is 1.00 bits per heavy atom. The Balaban J connectivity index is 0. The fourth-order valence-corrected chi connectivity index (χ4v) is 0. The van der Waals surface area contributed by atoms with Gasteiger partial charge in [0.25, 0.3) is 0 Å². The summed E-state index contributed by atoms with van der Waals surface area (Å²) >= 11 is 0. The summed E-state index contributed by atoms with van der Waals surface area (Å²) in [6.07, 6.45) is 0. The standard InChI is InChI=1S/ClH.Fe.2H2O/h1H;;2*1H2/q;+2;;/p-2. The molecule has 30 valence electrons. The minimum Gasteiger partial charge on any atom is -1.00 e. The van der Waals surface area contributed by atoms with E-state index in [0.29, 0.717) is 0 Å². The van der Waals surface area contributed by atoms with Crippen LogP contribution in [0, 0.1) is 0 Å². The van der Waals surface area contributed by atoms with Crippen LogP contribution >= 0.6 is 0 Å². The summed E-state index contributed by atoms with van der Waals surface area (Å²) in [6.45, 7) is 0. The molecule has 0 aliphatic rings. The topological polar surface area (TPSA) is 61.5 Å². The van der Waals surface area contributed by atoms with Gasteiger partial charge in [-0.25, -0.2) is 0 Å². The molecule has 4 heteroatoms. The number of rotatable bonds is 0. The molecule has 0 bridgehead atoms. The van der Waals surface area contributed by atoms with E-state index < -0.39 is 0 Å². The predicted octanol–water partition coefficient (Wildman–Crippen LogP) is -4.00. The minimum absolute atomic E-state index is 0. The van der Waals surface area contributed by atoms with Gasteiger partial charge in [-0.2, -0.15) is 0 Å². The van der Waals surface area contributed by atoms with Gasteiger partial charge in [0.05, 0.1) is 0 Å². The second-order valence-corrected chi connectivity index (χ2v) is 0. The maximum absolute atomic E-state index is 0. The number of halogens is 1. The van der Waals surface area contributed by atoms with E-state index in [-0.39, 0.29) is 40.4 Å². The third-order valence-corrected chi connectivity index (χ3v) is 0. The molecule has 0 saturated heterocycles. The van der Waals surface area contributed by atoms with Crippen LogP contribution in [0.15, 0.2) is 0 Å². The number of hydrogen-bond donors (Lipinski definition) is 0. The summed E-state index contributed by atoms with van der Waals surface area (Å²) in [5.41, 5.74) is 0. The molecule has 0 unspecified atom stereocenters. The molecular weight excluding hydrogens is 123 g/mol. The van der Waals surface area contributed by atoms with E-state index in [9.17, 15) is 0 Å². The van der Waals surface area contributed by atoms with Crippen LogP contribution in [0.25, 0.3) is 0 Å². The molecule has 0 spiro atoms. The molecule has 0 aliphatic carbocycles. The van der Waals surface area contributed by atoms with Crippen LogP contribution in [0.4, 0.5) is 0 Å². The molecule has 0 aromatic heterocycles. The molecular formula is H3ClFeO2. The fourth-order valence-electron chi connectivity index (χ4n) is 0. The summed E-state index contributed by atoms with van der Waals surface area (Å²) < 4.78 is 0. The Labute approximate surface area is 41.1 Å². The van der Waals surface area contributed by atoms with Crippen molar-refractivity contribution in [1.29, 1.82) is 0 Å². The number of hydrogen-bond acceptors (Lipinski definition) is 1. The Hall–Kier alpha value is 0.729. The molecule has 2 nitrogen and oxygen atoms in total. The summed E-state index contributed by atoms with van der Waals surface area (Å²) in [5, 5.41) is 0. The molecule has 0 amide bonds. The van der Waals surface area contributed by atoms with E-state index in [0.717, 1.165) is 0 Å². The van der Waals surface area contributed by atoms with Crippen LogP contribution in [0.3, 0.4) is 0 Å². The zero-order chi connectivity index (χ0) is 0. The molecule has 0 rings (SSSR count). The maximum atomic E-state index is 0. The molecule has 0 atom stereocenters. The fraction of sp³-hybridized carbons (Fsp3) is 0. The second-order valence-electron chi connectivity index (χ2n) is 0. The van der Waals surface area contributed by atoms with Gasteiger partial charge >= 0.3 is 17.1 Å². The Morgan fingerprint density at radius 1 is 1.00 bits per heavy atom. The van der Waals surface area contributed by atoms with Crippen molar-refractivity contribution in [3.05, 3.63) is 0 Å². The first-order valence-electron chi connectivity index (χ1n) is 0. The second kappa shape index (κ2) is 52.2. The predicted molar refractivity (Wildman–Crippen MR) is 5.55 cm³/mol. The zero-order valence-electron chi connectivity index (χ0n) is 1.68. The Bertz CT molecular complexity index is 6.00. The van der Waals surface area contributed by atoms with E-state index in [4.69, 9.17) is 0 Å². The molecule has 0 aromatic carbocycles. The van der Waals surface area contributed by atoms with Gasteiger partial charge in [0, 0.05) is 0 Å². The van der Waals surface area contributed by atoms with Gasteiger partial charge in [0.1, 0.15) is 0 Å². The minimum atomic E-state index is 0. The van der Waals surface area contributed by atoms with Crippen LogP contribution in [-0.2, 0) is 17.1 Å². The first-order valence-corrected chi connectivity index (χ1v) is 0. The molecule has 3 N–H and O–H groups in total. The van der Waals surface area contributed by atoms with Gasteiger partial charge in [-0.1, -0.05) is 0 Å². The monoisotopic (exact) mass is 126 g/mol. The van der Waals surface area contributed by atoms with Crippen LogP contribution < -0.4 is 12.4 Å². The van der Waals surface area contributed by atoms with Crippen LogP contribution in [0.1, 0.15) is 0 Å². The average Bonchev–Trinajstić information content (AvgIpc) is 0. The Morgan fingerprint density at radius 2 is 1.00 bits per heavy atom. The summed E-state index contributed by atoms with van der Waals surface area (Å²) in [6, 6.07) is 0. The van der Waals surface area contributed by atoms with Crippen LogP contribution in [-0.4, -0.2) is 11.0 Å². The van der Waals surface area contributed by atoms with E-state index in [1.807, 2.05) is 0 Å². The van der Waals surface area contributed by atoms with Crippen molar-refractivity contribution in [1.82, 2.24) is 0 Å². The largest absolute Gasteiger partial charge is 2.00 e. The van der Waals surface area contributed by atoms with E-state index in [2.05, 4.69) is 0 Å². The van der Waals surface area contributed by atoms with Gasteiger partial charge in [0.2, 0.25) is 0 Å². The normalized spacial score (nSPS) is 0. The molecule has 0 radical (unpaired) electrons. The third-order valence-electron chi connectivity index (χ3n) is 0. The molecule has 0 fully saturated rings. The Kier molecular flexibility index (Phi) is 1610. The van der Waals surface area contributed by atoms with Crippen LogP contribution in [0.5, 0.6) is 0 Å². The van der Waals surface area contributed by atoms with Crippen molar-refractivity contribution in [3.63, 3.8) is 0 Å². The van der Waals surface area contributed by atoms with E-state index in [1.165, 1.54) is 0 Å². The summed E-state index contributed by atoms with van der Waals surface area (Å²) in [4.78, 5) is 0. The van der Waals surface area contributed by atoms with E-state index >= 15 is 0 Å². The van der Waals surface area contributed by atoms with Crippen molar-refractivity contribution < 1.29 is 40.4 Å². The maximum Gasteiger partial charge on any atom is 2.00 e. The van der Waals surface area contributed by atoms with Crippen molar-refractivity contribution >= 4 is 0 Å². The smallest absolute Gasteiger partial charge is 1.00 e. The third kappa shape index (κ3) is 15.3. The van der Waals surface area contributed by atoms with Crippen molar-refractivity contribution in [2.75, 3.05) is 0 Å². The summed E-state index contributed by atoms with van der Waals surface area (Å²) in [5.74, 6) is 0. The van der Waals surface area contributed by atoms with Crippen molar-refractivity contribution in [3.8, 4) is 0 Å². The molecule has 0 saturated carbocycles. The molecule has 4 heavy (non-hydrogen) atoms. The molecule has 0 aliphatic heterocycles. The zero-order valence-corrected chi connectivity index (χ0v) is 3.54. The van der Waals surface area contributed by atoms with Crippen molar-refractivity contribution in [2.45, 2.75) is 0 Å². The first kappa shape index (κ1) is 124. The van der Waals surface area contributed by atoms with Gasteiger partial charge in [-0.05, 0) is 0 Å². The average molecular weight is 126 g/mol. The molecule has 0 heterocycles. The van der Waals surface area contributed by atoms with E-state index in [1.54, 1.807) is 0 Å². The van der Waals surface area contributed by atoms with Gasteiger partial charge < -0.3 is 23.4 Å². The van der Waals surface area contributed by atoms with Gasteiger partial charge in [-0.15, -0.1) is 0 Å². The van der Waals surface area contributed by atoms with Gasteiger partial charge in [-0.3, -0.25) is 0 Å². The van der Waals surface area contributed by atoms with Crippen molar-refractivity contribution in [2.24, 2.45) is 0 Å². The SMILES string of the molecule is O.[Cl-].[Fe+2].[OH-]. The van der Waals surface area contributed by atoms with Crippen LogP contribution in [0.2, 0.25) is 0 Å². The quantitative estimate of drug-likeness (QED) is 0.305. The van der Waals surface area contributed by atoms with Gasteiger partial charge in [0.15, 0.2) is 0 Å².